The lowest BCUT2D eigenvalue weighted by Crippen LogP contribution is -2.27. The minimum absolute atomic E-state index is 0.0542. The van der Waals surface area contributed by atoms with Gasteiger partial charge in [-0.3, -0.25) is 4.79 Å². The quantitative estimate of drug-likeness (QED) is 0.237. The topological polar surface area (TPSA) is 75.1 Å². The van der Waals surface area contributed by atoms with E-state index in [9.17, 15) is 4.79 Å². The number of nitrogens with zero attached hydrogens (tertiary/aromatic N) is 3. The summed E-state index contributed by atoms with van der Waals surface area (Å²) >= 11 is 0. The molecule has 3 atom stereocenters. The highest BCUT2D eigenvalue weighted by Crippen LogP contribution is 2.30. The van der Waals surface area contributed by atoms with Crippen LogP contribution in [0.15, 0.2) is 5.11 Å². The van der Waals surface area contributed by atoms with Crippen LogP contribution in [0.1, 0.15) is 66.2 Å². The minimum atomic E-state index is -0.186. The zero-order valence-electron chi connectivity index (χ0n) is 13.3. The van der Waals surface area contributed by atoms with E-state index in [0.29, 0.717) is 18.4 Å². The van der Waals surface area contributed by atoms with E-state index >= 15 is 0 Å². The molecule has 0 spiro atoms. The Morgan fingerprint density at radius 3 is 2.60 bits per heavy atom. The van der Waals surface area contributed by atoms with E-state index in [-0.39, 0.29) is 12.1 Å². The summed E-state index contributed by atoms with van der Waals surface area (Å²) in [4.78, 5) is 13.9. The lowest BCUT2D eigenvalue weighted by atomic mass is 9.88. The Morgan fingerprint density at radius 2 is 2.00 bits per heavy atom. The molecule has 0 saturated heterocycles. The van der Waals surface area contributed by atoms with Gasteiger partial charge in [-0.05, 0) is 43.1 Å². The maximum atomic E-state index is 11.1. The molecule has 0 heterocycles. The van der Waals surface area contributed by atoms with E-state index < -0.39 is 0 Å². The van der Waals surface area contributed by atoms with Gasteiger partial charge in [-0.2, -0.15) is 0 Å². The predicted octanol–water partition coefficient (Wildman–Crippen LogP) is 4.86. The Bertz CT molecular complexity index is 314. The Kier molecular flexibility index (Phi) is 10.9. The molecule has 20 heavy (non-hydrogen) atoms. The van der Waals surface area contributed by atoms with Crippen LogP contribution in [0.4, 0.5) is 0 Å². The summed E-state index contributed by atoms with van der Waals surface area (Å²) in [7, 11) is 0. The van der Waals surface area contributed by atoms with E-state index in [0.717, 1.165) is 25.7 Å². The predicted molar refractivity (Wildman–Crippen MR) is 81.3 cm³/mol. The molecule has 0 unspecified atom stereocenters. The molecule has 1 saturated carbocycles. The largest absolute Gasteiger partial charge is 0.462 e. The van der Waals surface area contributed by atoms with Crippen LogP contribution >= 0.6 is 0 Å². The summed E-state index contributed by atoms with van der Waals surface area (Å²) in [6, 6.07) is 0. The Hall–Kier alpha value is -1.22. The molecule has 0 N–H and O–H groups in total. The minimum Gasteiger partial charge on any atom is -0.462 e. The second-order valence-corrected chi connectivity index (χ2v) is 5.30. The molecule has 1 aliphatic carbocycles. The van der Waals surface area contributed by atoms with Crippen LogP contribution in [0.2, 0.25) is 0 Å². The second-order valence-electron chi connectivity index (χ2n) is 5.30. The van der Waals surface area contributed by atoms with E-state index in [2.05, 4.69) is 16.9 Å². The highest BCUT2D eigenvalue weighted by Gasteiger charge is 2.27. The first kappa shape index (κ1) is 18.8. The zero-order chi connectivity index (χ0) is 15.4. The number of rotatable bonds is 5. The monoisotopic (exact) mass is 283 g/mol. The molecule has 0 aromatic rings. The van der Waals surface area contributed by atoms with E-state index in [1.54, 1.807) is 0 Å². The van der Waals surface area contributed by atoms with Crippen LogP contribution in [0.5, 0.6) is 0 Å². The Labute approximate surface area is 122 Å². The molecular weight excluding hydrogens is 254 g/mol. The van der Waals surface area contributed by atoms with Gasteiger partial charge in [0.25, 0.3) is 0 Å². The standard InChI is InChI=1S/C13H23N3O2.C2H6/c1-10(9-15-16-14)8-12-6-4-3-5-7-13(12)18-11(2)17;1-2/h10,12-13H,3-9H2,1-2H3;1-2H3/t10-,12-,13-;/m0./s1. The van der Waals surface area contributed by atoms with Crippen LogP contribution in [0.3, 0.4) is 0 Å². The van der Waals surface area contributed by atoms with Gasteiger partial charge in [0.15, 0.2) is 0 Å². The normalized spacial score (nSPS) is 23.4. The van der Waals surface area contributed by atoms with Gasteiger partial charge < -0.3 is 4.74 Å². The van der Waals surface area contributed by atoms with Gasteiger partial charge in [0, 0.05) is 18.4 Å². The Balaban J connectivity index is 0.00000172. The van der Waals surface area contributed by atoms with Crippen LogP contribution in [-0.4, -0.2) is 18.6 Å². The number of carbonyl (C=O) groups is 1. The number of ether oxygens (including phenoxy) is 1. The van der Waals surface area contributed by atoms with Crippen molar-refractivity contribution < 1.29 is 9.53 Å². The summed E-state index contributed by atoms with van der Waals surface area (Å²) in [5.41, 5.74) is 8.33. The van der Waals surface area contributed by atoms with Gasteiger partial charge in [0.1, 0.15) is 6.10 Å². The first-order valence-electron chi connectivity index (χ1n) is 7.81. The molecule has 5 nitrogen and oxygen atoms in total. The first-order chi connectivity index (χ1) is 9.63. The number of carbonyl (C=O) groups excluding carboxylic acids is 1. The highest BCUT2D eigenvalue weighted by atomic mass is 16.5. The molecule has 0 aliphatic heterocycles. The number of hydrogen-bond acceptors (Lipinski definition) is 3. The van der Waals surface area contributed by atoms with Crippen molar-refractivity contribution in [3.8, 4) is 0 Å². The summed E-state index contributed by atoms with van der Waals surface area (Å²) in [5.74, 6) is 0.581. The van der Waals surface area contributed by atoms with Crippen molar-refractivity contribution in [2.45, 2.75) is 72.3 Å². The second kappa shape index (κ2) is 11.6. The summed E-state index contributed by atoms with van der Waals surface area (Å²) in [5, 5.41) is 3.62. The van der Waals surface area contributed by atoms with Gasteiger partial charge >= 0.3 is 5.97 Å². The van der Waals surface area contributed by atoms with Crippen molar-refractivity contribution in [1.29, 1.82) is 0 Å². The molecule has 1 fully saturated rings. The molecule has 1 rings (SSSR count). The van der Waals surface area contributed by atoms with Gasteiger partial charge in [-0.15, -0.1) is 0 Å². The zero-order valence-corrected chi connectivity index (χ0v) is 13.3. The Morgan fingerprint density at radius 1 is 1.35 bits per heavy atom. The van der Waals surface area contributed by atoms with Crippen molar-refractivity contribution in [2.75, 3.05) is 6.54 Å². The van der Waals surface area contributed by atoms with E-state index in [1.165, 1.54) is 19.8 Å². The number of esters is 1. The van der Waals surface area contributed by atoms with Crippen molar-refractivity contribution in [1.82, 2.24) is 0 Å². The fraction of sp³-hybridized carbons (Fsp3) is 0.933. The summed E-state index contributed by atoms with van der Waals surface area (Å²) in [6.45, 7) is 8.09. The van der Waals surface area contributed by atoms with Crippen LogP contribution in [0.25, 0.3) is 10.4 Å². The maximum absolute atomic E-state index is 11.1. The van der Waals surface area contributed by atoms with Gasteiger partial charge in [0.2, 0.25) is 0 Å². The number of hydrogen-bond donors (Lipinski definition) is 0. The lowest BCUT2D eigenvalue weighted by molar-refractivity contribution is -0.149. The van der Waals surface area contributed by atoms with E-state index in [4.69, 9.17) is 10.3 Å². The molecule has 0 aromatic carbocycles. The van der Waals surface area contributed by atoms with Gasteiger partial charge in [0.05, 0.1) is 0 Å². The van der Waals surface area contributed by atoms with Crippen LogP contribution in [-0.2, 0) is 9.53 Å². The fourth-order valence-corrected chi connectivity index (χ4v) is 2.76. The van der Waals surface area contributed by atoms with Crippen molar-refractivity contribution >= 4 is 5.97 Å². The number of azide groups is 1. The average molecular weight is 283 g/mol. The maximum Gasteiger partial charge on any atom is 0.302 e. The van der Waals surface area contributed by atoms with Crippen LogP contribution in [0, 0.1) is 11.8 Å². The van der Waals surface area contributed by atoms with Gasteiger partial charge in [-0.1, -0.05) is 38.7 Å². The molecule has 0 aromatic heterocycles. The SMILES string of the molecule is CC.CC(=O)O[C@H]1CCCCC[C@H]1C[C@H](C)CN=[N+]=[N-]. The molecule has 0 amide bonds. The third kappa shape index (κ3) is 8.05. The van der Waals surface area contributed by atoms with Crippen molar-refractivity contribution in [2.24, 2.45) is 17.0 Å². The third-order valence-electron chi connectivity index (χ3n) is 3.57. The lowest BCUT2D eigenvalue weighted by Gasteiger charge is -2.26. The summed E-state index contributed by atoms with van der Waals surface area (Å²) in [6.07, 6.45) is 6.67. The molecule has 5 heteroatoms. The third-order valence-corrected chi connectivity index (χ3v) is 3.57. The first-order valence-corrected chi connectivity index (χ1v) is 7.81. The molecule has 0 radical (unpaired) electrons. The summed E-state index contributed by atoms with van der Waals surface area (Å²) < 4.78 is 5.45. The van der Waals surface area contributed by atoms with Gasteiger partial charge in [-0.25, -0.2) is 0 Å². The molecular formula is C15H29N3O2. The molecule has 0 bridgehead atoms. The smallest absolute Gasteiger partial charge is 0.302 e. The fourth-order valence-electron chi connectivity index (χ4n) is 2.76. The highest BCUT2D eigenvalue weighted by molar-refractivity contribution is 5.66. The van der Waals surface area contributed by atoms with Crippen molar-refractivity contribution in [3.63, 3.8) is 0 Å². The van der Waals surface area contributed by atoms with Crippen LogP contribution < -0.4 is 0 Å². The molecule has 1 aliphatic rings. The van der Waals surface area contributed by atoms with Crippen molar-refractivity contribution in [3.05, 3.63) is 10.4 Å². The van der Waals surface area contributed by atoms with E-state index in [1.807, 2.05) is 13.8 Å². The molecule has 116 valence electrons. The average Bonchev–Trinajstić information content (AvgIpc) is 2.64.